The predicted octanol–water partition coefficient (Wildman–Crippen LogP) is 4.56. The third kappa shape index (κ3) is 3.87. The first-order valence-corrected chi connectivity index (χ1v) is 10.1. The number of fused-ring (bicyclic) bond motifs is 1. The van der Waals surface area contributed by atoms with Crippen LogP contribution in [-0.4, -0.2) is 36.0 Å². The van der Waals surface area contributed by atoms with Crippen LogP contribution in [0.5, 0.6) is 17.2 Å². The van der Waals surface area contributed by atoms with Crippen LogP contribution in [0.25, 0.3) is 6.08 Å². The number of phenols is 1. The van der Waals surface area contributed by atoms with Crippen LogP contribution >= 0.6 is 0 Å². The van der Waals surface area contributed by atoms with E-state index in [1.165, 1.54) is 12.8 Å². The number of benzene rings is 2. The molecule has 1 fully saturated rings. The van der Waals surface area contributed by atoms with Crippen LogP contribution in [0.2, 0.25) is 0 Å². The van der Waals surface area contributed by atoms with Crippen LogP contribution in [0.15, 0.2) is 36.1 Å². The molecule has 2 aliphatic heterocycles. The summed E-state index contributed by atoms with van der Waals surface area (Å²) in [6.07, 6.45) is 4.06. The predicted molar refractivity (Wildman–Crippen MR) is 112 cm³/mol. The van der Waals surface area contributed by atoms with E-state index in [0.29, 0.717) is 23.4 Å². The highest BCUT2D eigenvalue weighted by atomic mass is 16.5. The zero-order valence-corrected chi connectivity index (χ0v) is 17.2. The number of methoxy groups -OCH3 is 1. The van der Waals surface area contributed by atoms with Crippen molar-refractivity contribution in [2.45, 2.75) is 33.2 Å². The highest BCUT2D eigenvalue weighted by molar-refractivity contribution is 6.15. The molecule has 2 aromatic rings. The van der Waals surface area contributed by atoms with E-state index in [-0.39, 0.29) is 17.3 Å². The summed E-state index contributed by atoms with van der Waals surface area (Å²) in [5, 5.41) is 10.7. The van der Waals surface area contributed by atoms with Crippen molar-refractivity contribution >= 4 is 11.9 Å². The molecule has 2 heterocycles. The Bertz CT molecular complexity index is 954. The quantitative estimate of drug-likeness (QED) is 0.772. The lowest BCUT2D eigenvalue weighted by molar-refractivity contribution is 0.101. The SMILES string of the molecule is COc1ccc(/C=C2\Oc3c(cc(CN4CCC(C)CC4)c(O)c3C)C2=O)cc1. The zero-order chi connectivity index (χ0) is 20.5. The van der Waals surface area contributed by atoms with Gasteiger partial charge in [0, 0.05) is 17.7 Å². The molecule has 5 heteroatoms. The molecule has 0 radical (unpaired) electrons. The Kier molecular flexibility index (Phi) is 5.33. The first kappa shape index (κ1) is 19.5. The number of Topliss-reactive ketones (excluding diaryl/α,β-unsaturated/α-hetero) is 1. The highest BCUT2D eigenvalue weighted by Crippen LogP contribution is 2.41. The molecule has 152 valence electrons. The van der Waals surface area contributed by atoms with Gasteiger partial charge in [-0.15, -0.1) is 0 Å². The number of carbonyl (C=O) groups is 1. The Morgan fingerprint density at radius 3 is 2.59 bits per heavy atom. The number of likely N-dealkylation sites (tertiary alicyclic amines) is 1. The maximum absolute atomic E-state index is 13.0. The lowest BCUT2D eigenvalue weighted by Gasteiger charge is -2.30. The van der Waals surface area contributed by atoms with Gasteiger partial charge in [-0.25, -0.2) is 0 Å². The molecule has 29 heavy (non-hydrogen) atoms. The summed E-state index contributed by atoms with van der Waals surface area (Å²) < 4.78 is 11.0. The summed E-state index contributed by atoms with van der Waals surface area (Å²) in [5.41, 5.74) is 2.79. The molecule has 5 nitrogen and oxygen atoms in total. The van der Waals surface area contributed by atoms with Crippen molar-refractivity contribution in [3.8, 4) is 17.2 Å². The second kappa shape index (κ2) is 7.91. The number of ether oxygens (including phenoxy) is 2. The van der Waals surface area contributed by atoms with Gasteiger partial charge in [0.25, 0.3) is 0 Å². The van der Waals surface area contributed by atoms with E-state index in [1.54, 1.807) is 26.2 Å². The highest BCUT2D eigenvalue weighted by Gasteiger charge is 2.32. The van der Waals surface area contributed by atoms with E-state index in [0.717, 1.165) is 35.9 Å². The minimum absolute atomic E-state index is 0.146. The molecule has 2 aromatic carbocycles. The number of ketones is 1. The number of aromatic hydroxyl groups is 1. The first-order chi connectivity index (χ1) is 14.0. The van der Waals surface area contributed by atoms with Gasteiger partial charge >= 0.3 is 0 Å². The van der Waals surface area contributed by atoms with Crippen molar-refractivity contribution in [3.63, 3.8) is 0 Å². The van der Waals surface area contributed by atoms with E-state index in [9.17, 15) is 9.90 Å². The molecule has 0 aromatic heterocycles. The van der Waals surface area contributed by atoms with Gasteiger partial charge in [-0.2, -0.15) is 0 Å². The third-order valence-electron chi connectivity index (χ3n) is 5.93. The maximum Gasteiger partial charge on any atom is 0.231 e. The van der Waals surface area contributed by atoms with Crippen LogP contribution < -0.4 is 9.47 Å². The minimum atomic E-state index is -0.146. The van der Waals surface area contributed by atoms with Crippen molar-refractivity contribution in [1.29, 1.82) is 0 Å². The molecule has 0 amide bonds. The van der Waals surface area contributed by atoms with Crippen LogP contribution in [0.1, 0.15) is 46.8 Å². The third-order valence-corrected chi connectivity index (χ3v) is 5.93. The molecule has 0 bridgehead atoms. The molecule has 0 atom stereocenters. The van der Waals surface area contributed by atoms with E-state index in [1.807, 2.05) is 24.3 Å². The summed E-state index contributed by atoms with van der Waals surface area (Å²) >= 11 is 0. The topological polar surface area (TPSA) is 59.0 Å². The Morgan fingerprint density at radius 1 is 1.24 bits per heavy atom. The van der Waals surface area contributed by atoms with Gasteiger partial charge in [-0.1, -0.05) is 19.1 Å². The van der Waals surface area contributed by atoms with E-state index >= 15 is 0 Å². The van der Waals surface area contributed by atoms with E-state index in [4.69, 9.17) is 9.47 Å². The second-order valence-electron chi connectivity index (χ2n) is 8.06. The van der Waals surface area contributed by atoms with Gasteiger partial charge in [0.15, 0.2) is 5.76 Å². The monoisotopic (exact) mass is 393 g/mol. The largest absolute Gasteiger partial charge is 0.507 e. The summed E-state index contributed by atoms with van der Waals surface area (Å²) in [4.78, 5) is 15.3. The standard InChI is InChI=1S/C24H27NO4/c1-15-8-10-25(11-9-15)14-18-13-20-23(27)21(29-24(20)16(2)22(18)26)12-17-4-6-19(28-3)7-5-17/h4-7,12-13,15,26H,8-11,14H2,1-3H3/b21-12-. The molecule has 4 rings (SSSR count). The second-order valence-corrected chi connectivity index (χ2v) is 8.06. The number of nitrogens with zero attached hydrogens (tertiary/aromatic N) is 1. The van der Waals surface area contributed by atoms with Crippen molar-refractivity contribution in [2.24, 2.45) is 5.92 Å². The average Bonchev–Trinajstić information content (AvgIpc) is 3.04. The van der Waals surface area contributed by atoms with Crippen molar-refractivity contribution in [1.82, 2.24) is 4.90 Å². The number of allylic oxidation sites excluding steroid dienone is 1. The van der Waals surface area contributed by atoms with Crippen LogP contribution in [-0.2, 0) is 6.54 Å². The molecule has 1 saturated heterocycles. The molecule has 0 unspecified atom stereocenters. The smallest absolute Gasteiger partial charge is 0.231 e. The number of hydrogen-bond donors (Lipinski definition) is 1. The van der Waals surface area contributed by atoms with Gasteiger partial charge < -0.3 is 14.6 Å². The first-order valence-electron chi connectivity index (χ1n) is 10.1. The lowest BCUT2D eigenvalue weighted by atomic mass is 9.97. The Balaban J connectivity index is 1.59. The number of carbonyl (C=O) groups excluding carboxylic acids is 1. The molecule has 0 spiro atoms. The number of hydrogen-bond acceptors (Lipinski definition) is 5. The van der Waals surface area contributed by atoms with Crippen molar-refractivity contribution in [2.75, 3.05) is 20.2 Å². The Morgan fingerprint density at radius 2 is 1.93 bits per heavy atom. The van der Waals surface area contributed by atoms with Crippen LogP contribution in [0.3, 0.4) is 0 Å². The van der Waals surface area contributed by atoms with E-state index in [2.05, 4.69) is 11.8 Å². The van der Waals surface area contributed by atoms with Gasteiger partial charge in [-0.3, -0.25) is 9.69 Å². The van der Waals surface area contributed by atoms with Crippen LogP contribution in [0, 0.1) is 12.8 Å². The van der Waals surface area contributed by atoms with Crippen molar-refractivity contribution < 1.29 is 19.4 Å². The summed E-state index contributed by atoms with van der Waals surface area (Å²) in [6, 6.07) is 9.23. The average molecular weight is 393 g/mol. The number of phenolic OH excluding ortho intramolecular Hbond substituents is 1. The van der Waals surface area contributed by atoms with Gasteiger partial charge in [-0.05, 0) is 68.6 Å². The van der Waals surface area contributed by atoms with Gasteiger partial charge in [0.2, 0.25) is 5.78 Å². The Labute approximate surface area is 171 Å². The Hall–Kier alpha value is -2.79. The van der Waals surface area contributed by atoms with Gasteiger partial charge in [0.1, 0.15) is 17.2 Å². The zero-order valence-electron chi connectivity index (χ0n) is 17.2. The molecular formula is C24H27NO4. The number of piperidine rings is 1. The molecule has 2 aliphatic rings. The summed E-state index contributed by atoms with van der Waals surface area (Å²) in [5.74, 6) is 2.32. The fourth-order valence-electron chi connectivity index (χ4n) is 3.98. The summed E-state index contributed by atoms with van der Waals surface area (Å²) in [6.45, 7) is 6.77. The fraction of sp³-hybridized carbons (Fsp3) is 0.375. The minimum Gasteiger partial charge on any atom is -0.507 e. The summed E-state index contributed by atoms with van der Waals surface area (Å²) in [7, 11) is 1.62. The maximum atomic E-state index is 13.0. The van der Waals surface area contributed by atoms with E-state index < -0.39 is 0 Å². The lowest BCUT2D eigenvalue weighted by Crippen LogP contribution is -2.32. The van der Waals surface area contributed by atoms with Crippen molar-refractivity contribution in [3.05, 3.63) is 58.3 Å². The molecule has 0 saturated carbocycles. The molecular weight excluding hydrogens is 366 g/mol. The fourth-order valence-corrected chi connectivity index (χ4v) is 3.98. The number of rotatable bonds is 4. The van der Waals surface area contributed by atoms with Crippen LogP contribution in [0.4, 0.5) is 0 Å². The normalized spacial score (nSPS) is 18.7. The molecule has 0 aliphatic carbocycles. The van der Waals surface area contributed by atoms with Gasteiger partial charge in [0.05, 0.1) is 12.7 Å². The molecule has 1 N–H and O–H groups in total.